The molecule has 1 amide bonds. The summed E-state index contributed by atoms with van der Waals surface area (Å²) < 4.78 is 25.2. The van der Waals surface area contributed by atoms with Gasteiger partial charge >= 0.3 is 0 Å². The number of rotatable bonds is 3. The van der Waals surface area contributed by atoms with Crippen LogP contribution in [0, 0.1) is 11.8 Å². The molecule has 2 rings (SSSR count). The number of likely N-dealkylation sites (tertiary alicyclic amines) is 1. The van der Waals surface area contributed by atoms with E-state index in [0.29, 0.717) is 29.9 Å². The van der Waals surface area contributed by atoms with Gasteiger partial charge < -0.3 is 4.90 Å². The van der Waals surface area contributed by atoms with Gasteiger partial charge in [0.15, 0.2) is 9.84 Å². The van der Waals surface area contributed by atoms with Crippen molar-refractivity contribution in [1.82, 2.24) is 4.90 Å². The highest BCUT2D eigenvalue weighted by Gasteiger charge is 2.35. The van der Waals surface area contributed by atoms with Gasteiger partial charge in [0, 0.05) is 18.1 Å². The number of sulfone groups is 1. The summed E-state index contributed by atoms with van der Waals surface area (Å²) >= 11 is 5.79. The van der Waals surface area contributed by atoms with Crippen LogP contribution >= 0.6 is 11.6 Å². The average Bonchev–Trinajstić information content (AvgIpc) is 2.45. The van der Waals surface area contributed by atoms with E-state index in [1.54, 1.807) is 4.90 Å². The number of hydrogen-bond donors (Lipinski definition) is 0. The standard InChI is InChI=1S/C16H22ClNO3S/c1-11-8-12(2)10-18(9-11)16(19)13(3)22(20,21)15-6-4-14(17)5-7-15/h4-7,11-13H,8-10H2,1-3H3. The van der Waals surface area contributed by atoms with Crippen LogP contribution < -0.4 is 0 Å². The van der Waals surface area contributed by atoms with Crippen molar-refractivity contribution >= 4 is 27.3 Å². The zero-order valence-electron chi connectivity index (χ0n) is 13.1. The molecule has 122 valence electrons. The van der Waals surface area contributed by atoms with Crippen molar-refractivity contribution in [3.8, 4) is 0 Å². The SMILES string of the molecule is CC1CC(C)CN(C(=O)C(C)S(=O)(=O)c2ccc(Cl)cc2)C1. The Hall–Kier alpha value is -1.07. The van der Waals surface area contributed by atoms with Gasteiger partial charge in [-0.1, -0.05) is 25.4 Å². The number of halogens is 1. The Kier molecular flexibility index (Phi) is 5.17. The van der Waals surface area contributed by atoms with Crippen LogP contribution in [0.25, 0.3) is 0 Å². The minimum Gasteiger partial charge on any atom is -0.341 e. The second-order valence-corrected chi connectivity index (χ2v) is 9.04. The second kappa shape index (κ2) is 6.59. The third-order valence-corrected chi connectivity index (χ3v) is 6.45. The van der Waals surface area contributed by atoms with Crippen LogP contribution in [-0.2, 0) is 14.6 Å². The summed E-state index contributed by atoms with van der Waals surface area (Å²) in [4.78, 5) is 14.4. The fourth-order valence-corrected chi connectivity index (χ4v) is 4.53. The number of benzene rings is 1. The molecule has 0 aromatic heterocycles. The summed E-state index contributed by atoms with van der Waals surface area (Å²) in [5.41, 5.74) is 0. The maximum atomic E-state index is 12.6. The van der Waals surface area contributed by atoms with Gasteiger partial charge in [-0.2, -0.15) is 0 Å². The van der Waals surface area contributed by atoms with Crippen molar-refractivity contribution < 1.29 is 13.2 Å². The molecule has 0 spiro atoms. The smallest absolute Gasteiger partial charge is 0.241 e. The lowest BCUT2D eigenvalue weighted by Gasteiger charge is -2.36. The number of hydrogen-bond acceptors (Lipinski definition) is 3. The Morgan fingerprint density at radius 1 is 1.18 bits per heavy atom. The summed E-state index contributed by atoms with van der Waals surface area (Å²) in [6.45, 7) is 6.91. The molecule has 22 heavy (non-hydrogen) atoms. The zero-order chi connectivity index (χ0) is 16.5. The number of amides is 1. The molecule has 0 aliphatic carbocycles. The maximum Gasteiger partial charge on any atom is 0.241 e. The molecule has 0 radical (unpaired) electrons. The topological polar surface area (TPSA) is 54.5 Å². The van der Waals surface area contributed by atoms with Gasteiger partial charge in [0.2, 0.25) is 5.91 Å². The molecule has 1 heterocycles. The first kappa shape index (κ1) is 17.3. The lowest BCUT2D eigenvalue weighted by molar-refractivity contribution is -0.133. The minimum absolute atomic E-state index is 0.135. The molecule has 1 fully saturated rings. The van der Waals surface area contributed by atoms with Gasteiger partial charge in [-0.05, 0) is 49.4 Å². The van der Waals surface area contributed by atoms with Gasteiger partial charge in [0.25, 0.3) is 0 Å². The normalized spacial score (nSPS) is 24.1. The molecule has 0 N–H and O–H groups in total. The molecule has 4 nitrogen and oxygen atoms in total. The Bertz CT molecular complexity index is 632. The van der Waals surface area contributed by atoms with Crippen LogP contribution in [0.15, 0.2) is 29.2 Å². The summed E-state index contributed by atoms with van der Waals surface area (Å²) in [6, 6.07) is 5.94. The predicted octanol–water partition coefficient (Wildman–Crippen LogP) is 3.01. The molecular formula is C16H22ClNO3S. The van der Waals surface area contributed by atoms with E-state index < -0.39 is 15.1 Å². The number of carbonyl (C=O) groups is 1. The van der Waals surface area contributed by atoms with Crippen LogP contribution in [0.2, 0.25) is 5.02 Å². The fourth-order valence-electron chi connectivity index (χ4n) is 3.06. The third kappa shape index (κ3) is 3.63. The van der Waals surface area contributed by atoms with Crippen LogP contribution in [0.5, 0.6) is 0 Å². The lowest BCUT2D eigenvalue weighted by atomic mass is 9.92. The van der Waals surface area contributed by atoms with E-state index in [4.69, 9.17) is 11.6 Å². The second-order valence-electron chi connectivity index (χ2n) is 6.33. The van der Waals surface area contributed by atoms with Crippen molar-refractivity contribution in [2.75, 3.05) is 13.1 Å². The highest BCUT2D eigenvalue weighted by molar-refractivity contribution is 7.92. The van der Waals surface area contributed by atoms with Gasteiger partial charge in [0.05, 0.1) is 4.90 Å². The number of carbonyl (C=O) groups excluding carboxylic acids is 1. The lowest BCUT2D eigenvalue weighted by Crippen LogP contribution is -2.48. The molecule has 1 aliphatic rings. The zero-order valence-corrected chi connectivity index (χ0v) is 14.7. The first-order valence-corrected chi connectivity index (χ1v) is 9.42. The van der Waals surface area contributed by atoms with Crippen LogP contribution in [0.4, 0.5) is 0 Å². The minimum atomic E-state index is -3.69. The molecule has 1 aliphatic heterocycles. The molecule has 3 unspecified atom stereocenters. The molecule has 1 aromatic carbocycles. The average molecular weight is 344 g/mol. The van der Waals surface area contributed by atoms with Crippen molar-refractivity contribution in [1.29, 1.82) is 0 Å². The highest BCUT2D eigenvalue weighted by atomic mass is 35.5. The van der Waals surface area contributed by atoms with Gasteiger partial charge in [-0.25, -0.2) is 8.42 Å². The Labute approximate surface area is 137 Å². The Balaban J connectivity index is 2.20. The summed E-state index contributed by atoms with van der Waals surface area (Å²) in [5.74, 6) is 0.490. The molecule has 1 saturated heterocycles. The molecule has 0 bridgehead atoms. The predicted molar refractivity (Wildman–Crippen MR) is 87.6 cm³/mol. The van der Waals surface area contributed by atoms with E-state index >= 15 is 0 Å². The van der Waals surface area contributed by atoms with Crippen molar-refractivity contribution in [3.63, 3.8) is 0 Å². The van der Waals surface area contributed by atoms with Crippen LogP contribution in [-0.4, -0.2) is 37.6 Å². The molecule has 3 atom stereocenters. The number of piperidine rings is 1. The monoisotopic (exact) mass is 343 g/mol. The van der Waals surface area contributed by atoms with Gasteiger partial charge in [0.1, 0.15) is 5.25 Å². The first-order chi connectivity index (χ1) is 10.2. The molecule has 6 heteroatoms. The van der Waals surface area contributed by atoms with Crippen LogP contribution in [0.1, 0.15) is 27.2 Å². The van der Waals surface area contributed by atoms with Crippen molar-refractivity contribution in [2.45, 2.75) is 37.3 Å². The summed E-state index contributed by atoms with van der Waals surface area (Å²) in [5, 5.41) is -0.609. The third-order valence-electron chi connectivity index (χ3n) is 4.14. The highest BCUT2D eigenvalue weighted by Crippen LogP contribution is 2.24. The van der Waals surface area contributed by atoms with E-state index in [0.717, 1.165) is 6.42 Å². The fraction of sp³-hybridized carbons (Fsp3) is 0.562. The Morgan fingerprint density at radius 2 is 1.68 bits per heavy atom. The van der Waals surface area contributed by atoms with Crippen molar-refractivity contribution in [3.05, 3.63) is 29.3 Å². The number of nitrogens with zero attached hydrogens (tertiary/aromatic N) is 1. The van der Waals surface area contributed by atoms with Crippen LogP contribution in [0.3, 0.4) is 0 Å². The van der Waals surface area contributed by atoms with Crippen molar-refractivity contribution in [2.24, 2.45) is 11.8 Å². The summed E-state index contributed by atoms with van der Waals surface area (Å²) in [7, 11) is -3.69. The maximum absolute atomic E-state index is 12.6. The first-order valence-electron chi connectivity index (χ1n) is 7.50. The van der Waals surface area contributed by atoms with Gasteiger partial charge in [-0.3, -0.25) is 4.79 Å². The van der Waals surface area contributed by atoms with E-state index in [2.05, 4.69) is 13.8 Å². The Morgan fingerprint density at radius 3 is 2.18 bits per heavy atom. The largest absolute Gasteiger partial charge is 0.341 e. The van der Waals surface area contributed by atoms with E-state index in [-0.39, 0.29) is 10.8 Å². The molecule has 0 saturated carbocycles. The quantitative estimate of drug-likeness (QED) is 0.847. The summed E-state index contributed by atoms with van der Waals surface area (Å²) in [6.07, 6.45) is 1.07. The van der Waals surface area contributed by atoms with Gasteiger partial charge in [-0.15, -0.1) is 0 Å². The molecular weight excluding hydrogens is 322 g/mol. The van der Waals surface area contributed by atoms with E-state index in [1.165, 1.54) is 31.2 Å². The van der Waals surface area contributed by atoms with E-state index in [1.807, 2.05) is 0 Å². The molecule has 1 aromatic rings. The van der Waals surface area contributed by atoms with E-state index in [9.17, 15) is 13.2 Å².